The van der Waals surface area contributed by atoms with Crippen molar-refractivity contribution in [2.45, 2.75) is 70.5 Å². The number of aliphatic hydroxyl groups excluding tert-OH is 1. The second-order valence-corrected chi connectivity index (χ2v) is 12.5. The zero-order valence-electron chi connectivity index (χ0n) is 21.5. The third-order valence-corrected chi connectivity index (χ3v) is 7.91. The summed E-state index contributed by atoms with van der Waals surface area (Å²) in [6.07, 6.45) is -0.158. The van der Waals surface area contributed by atoms with Crippen molar-refractivity contribution in [2.75, 3.05) is 13.1 Å². The van der Waals surface area contributed by atoms with E-state index < -0.39 is 33.6 Å². The Morgan fingerprint density at radius 3 is 2.09 bits per heavy atom. The second-order valence-electron chi connectivity index (χ2n) is 10.6. The molecule has 0 radical (unpaired) electrons. The molecule has 4 N–H and O–H groups in total. The smallest absolute Gasteiger partial charge is 0.243 e. The number of nitrogens with one attached hydrogen (secondary N) is 1. The minimum Gasteiger partial charge on any atom is -0.390 e. The van der Waals surface area contributed by atoms with Gasteiger partial charge in [-0.2, -0.15) is 4.31 Å². The summed E-state index contributed by atoms with van der Waals surface area (Å²) in [5.41, 5.74) is 6.62. The minimum atomic E-state index is -3.83. The van der Waals surface area contributed by atoms with Gasteiger partial charge in [0.15, 0.2) is 0 Å². The largest absolute Gasteiger partial charge is 0.390 e. The number of nitrogens with two attached hydrogens (primary N) is 1. The Labute approximate surface area is 210 Å². The molecule has 0 aliphatic heterocycles. The Bertz CT molecular complexity index is 1020. The molecule has 0 unspecified atom stereocenters. The average molecular weight is 504 g/mol. The highest BCUT2D eigenvalue weighted by molar-refractivity contribution is 7.89. The molecule has 0 saturated heterocycles. The number of aliphatic hydroxyl groups is 1. The molecule has 35 heavy (non-hydrogen) atoms. The fourth-order valence-corrected chi connectivity index (χ4v) is 5.10. The molecule has 2 rings (SSSR count). The van der Waals surface area contributed by atoms with E-state index in [0.29, 0.717) is 12.8 Å². The van der Waals surface area contributed by atoms with Crippen molar-refractivity contribution in [3.63, 3.8) is 0 Å². The van der Waals surface area contributed by atoms with Crippen LogP contribution in [0.2, 0.25) is 0 Å². The van der Waals surface area contributed by atoms with Crippen LogP contribution in [0.5, 0.6) is 0 Å². The average Bonchev–Trinajstić information content (AvgIpc) is 2.81. The first-order chi connectivity index (χ1) is 16.3. The number of carbonyl (C=O) groups is 1. The molecule has 0 spiro atoms. The SMILES string of the molecule is CC(C)CCN(C[C@@H](O)[C@H](Cc1ccccc1)NC(=O)[C@@H](N)C(C)(C)C)S(=O)(=O)c1ccccc1. The summed E-state index contributed by atoms with van der Waals surface area (Å²) < 4.78 is 28.2. The number of amides is 1. The summed E-state index contributed by atoms with van der Waals surface area (Å²) in [5.74, 6) is -0.0950. The van der Waals surface area contributed by atoms with Gasteiger partial charge in [-0.25, -0.2) is 8.42 Å². The van der Waals surface area contributed by atoms with Crippen molar-refractivity contribution < 1.29 is 18.3 Å². The van der Waals surface area contributed by atoms with Gasteiger partial charge in [0.25, 0.3) is 0 Å². The Kier molecular flexibility index (Phi) is 10.5. The number of hydrogen-bond donors (Lipinski definition) is 3. The summed E-state index contributed by atoms with van der Waals surface area (Å²) in [6, 6.07) is 16.2. The van der Waals surface area contributed by atoms with Gasteiger partial charge >= 0.3 is 0 Å². The summed E-state index contributed by atoms with van der Waals surface area (Å²) in [5, 5.41) is 14.2. The molecule has 0 fully saturated rings. The molecule has 8 heteroatoms. The number of nitrogens with zero attached hydrogens (tertiary/aromatic N) is 1. The van der Waals surface area contributed by atoms with E-state index in [-0.39, 0.29) is 29.8 Å². The fraction of sp³-hybridized carbons (Fsp3) is 0.519. The maximum atomic E-state index is 13.4. The standard InChI is InChI=1S/C27H41N3O4S/c1-20(2)16-17-30(35(33,34)22-14-10-7-11-15-22)19-24(31)23(18-21-12-8-6-9-13-21)29-26(32)25(28)27(3,4)5/h6-15,20,23-25,31H,16-19,28H2,1-5H3,(H,29,32)/t23-,24+,25+/m0/s1. The molecule has 2 aromatic rings. The van der Waals surface area contributed by atoms with Crippen molar-refractivity contribution in [1.82, 2.24) is 9.62 Å². The molecular weight excluding hydrogens is 462 g/mol. The van der Waals surface area contributed by atoms with Crippen molar-refractivity contribution in [3.8, 4) is 0 Å². The molecule has 3 atom stereocenters. The fourth-order valence-electron chi connectivity index (χ4n) is 3.61. The molecule has 0 saturated carbocycles. The van der Waals surface area contributed by atoms with Gasteiger partial charge in [0, 0.05) is 13.1 Å². The van der Waals surface area contributed by atoms with Crippen LogP contribution in [0.3, 0.4) is 0 Å². The first kappa shape index (κ1) is 29.0. The molecule has 0 aliphatic rings. The molecule has 2 aromatic carbocycles. The molecule has 7 nitrogen and oxygen atoms in total. The second kappa shape index (κ2) is 12.6. The number of sulfonamides is 1. The number of hydrogen-bond acceptors (Lipinski definition) is 5. The van der Waals surface area contributed by atoms with Crippen LogP contribution in [-0.4, -0.2) is 55.0 Å². The molecule has 194 valence electrons. The van der Waals surface area contributed by atoms with Crippen LogP contribution in [0.15, 0.2) is 65.6 Å². The van der Waals surface area contributed by atoms with Crippen molar-refractivity contribution in [3.05, 3.63) is 66.2 Å². The molecule has 0 heterocycles. The van der Waals surface area contributed by atoms with Gasteiger partial charge in [-0.1, -0.05) is 83.1 Å². The first-order valence-corrected chi connectivity index (χ1v) is 13.6. The van der Waals surface area contributed by atoms with Gasteiger partial charge in [-0.3, -0.25) is 4.79 Å². The topological polar surface area (TPSA) is 113 Å². The maximum absolute atomic E-state index is 13.4. The minimum absolute atomic E-state index is 0.146. The quantitative estimate of drug-likeness (QED) is 0.412. The van der Waals surface area contributed by atoms with Gasteiger partial charge < -0.3 is 16.2 Å². The Hall–Kier alpha value is -2.26. The van der Waals surface area contributed by atoms with E-state index in [0.717, 1.165) is 5.56 Å². The molecule has 0 aliphatic carbocycles. The van der Waals surface area contributed by atoms with E-state index in [4.69, 9.17) is 5.73 Å². The molecule has 0 bridgehead atoms. The normalized spacial score (nSPS) is 15.1. The van der Waals surface area contributed by atoms with Crippen LogP contribution >= 0.6 is 0 Å². The number of benzene rings is 2. The third kappa shape index (κ3) is 8.72. The van der Waals surface area contributed by atoms with E-state index in [9.17, 15) is 18.3 Å². The van der Waals surface area contributed by atoms with Gasteiger partial charge in [-0.05, 0) is 41.9 Å². The Morgan fingerprint density at radius 1 is 1.03 bits per heavy atom. The lowest BCUT2D eigenvalue weighted by Gasteiger charge is -2.32. The number of rotatable bonds is 12. The zero-order chi connectivity index (χ0) is 26.2. The lowest BCUT2D eigenvalue weighted by atomic mass is 9.86. The van der Waals surface area contributed by atoms with Gasteiger partial charge in [0.1, 0.15) is 0 Å². The van der Waals surface area contributed by atoms with Crippen molar-refractivity contribution >= 4 is 15.9 Å². The van der Waals surface area contributed by atoms with E-state index in [2.05, 4.69) is 5.32 Å². The zero-order valence-corrected chi connectivity index (χ0v) is 22.3. The lowest BCUT2D eigenvalue weighted by Crippen LogP contribution is -2.56. The third-order valence-electron chi connectivity index (χ3n) is 6.03. The van der Waals surface area contributed by atoms with E-state index >= 15 is 0 Å². The van der Waals surface area contributed by atoms with Crippen LogP contribution < -0.4 is 11.1 Å². The summed E-state index contributed by atoms with van der Waals surface area (Å²) in [6.45, 7) is 9.79. The predicted molar refractivity (Wildman–Crippen MR) is 140 cm³/mol. The van der Waals surface area contributed by atoms with Gasteiger partial charge in [0.05, 0.1) is 23.1 Å². The highest BCUT2D eigenvalue weighted by Gasteiger charge is 2.33. The number of carbonyl (C=O) groups excluding carboxylic acids is 1. The van der Waals surface area contributed by atoms with Crippen LogP contribution in [0, 0.1) is 11.3 Å². The molecule has 0 aromatic heterocycles. The van der Waals surface area contributed by atoms with Gasteiger partial charge in [0.2, 0.25) is 15.9 Å². The van der Waals surface area contributed by atoms with E-state index in [1.54, 1.807) is 30.3 Å². The van der Waals surface area contributed by atoms with Crippen molar-refractivity contribution in [2.24, 2.45) is 17.1 Å². The predicted octanol–water partition coefficient (Wildman–Crippen LogP) is 3.19. The van der Waals surface area contributed by atoms with Crippen LogP contribution in [-0.2, 0) is 21.2 Å². The van der Waals surface area contributed by atoms with E-state index in [1.165, 1.54) is 4.31 Å². The highest BCUT2D eigenvalue weighted by atomic mass is 32.2. The molecular formula is C27H41N3O4S. The molecule has 1 amide bonds. The maximum Gasteiger partial charge on any atom is 0.243 e. The summed E-state index contributed by atoms with van der Waals surface area (Å²) in [4.78, 5) is 13.1. The summed E-state index contributed by atoms with van der Waals surface area (Å²) >= 11 is 0. The van der Waals surface area contributed by atoms with Crippen LogP contribution in [0.1, 0.15) is 46.6 Å². The first-order valence-electron chi connectivity index (χ1n) is 12.2. The van der Waals surface area contributed by atoms with Crippen LogP contribution in [0.4, 0.5) is 0 Å². The lowest BCUT2D eigenvalue weighted by molar-refractivity contribution is -0.126. The van der Waals surface area contributed by atoms with E-state index in [1.807, 2.05) is 65.0 Å². The van der Waals surface area contributed by atoms with Crippen LogP contribution in [0.25, 0.3) is 0 Å². The Morgan fingerprint density at radius 2 is 1.57 bits per heavy atom. The summed E-state index contributed by atoms with van der Waals surface area (Å²) in [7, 11) is -3.83. The van der Waals surface area contributed by atoms with Crippen molar-refractivity contribution in [1.29, 1.82) is 0 Å². The highest BCUT2D eigenvalue weighted by Crippen LogP contribution is 2.20. The monoisotopic (exact) mass is 503 g/mol. The van der Waals surface area contributed by atoms with Gasteiger partial charge in [-0.15, -0.1) is 0 Å². The Balaban J connectivity index is 2.33.